The van der Waals surface area contributed by atoms with Crippen molar-refractivity contribution in [2.75, 3.05) is 18.6 Å². The monoisotopic (exact) mass is 380 g/mol. The molecule has 7 heteroatoms. The number of sulfonamides is 1. The number of thioether (sulfide) groups is 1. The molecule has 4 nitrogen and oxygen atoms in total. The van der Waals surface area contributed by atoms with E-state index in [-0.39, 0.29) is 4.90 Å². The fraction of sp³-hybridized carbons (Fsp3) is 0.538. The third-order valence-corrected chi connectivity index (χ3v) is 5.65. The van der Waals surface area contributed by atoms with Crippen molar-refractivity contribution in [2.45, 2.75) is 31.3 Å². The van der Waals surface area contributed by atoms with Gasteiger partial charge in [-0.15, -0.1) is 0 Å². The molecule has 1 rings (SSSR count). The molecule has 0 saturated carbocycles. The second-order valence-electron chi connectivity index (χ2n) is 4.69. The lowest BCUT2D eigenvalue weighted by Gasteiger charge is -2.11. The van der Waals surface area contributed by atoms with Gasteiger partial charge < -0.3 is 5.32 Å². The standard InChI is InChI=1S/C13H21BrN2O2S2/c1-10(2)15-9-11-4-5-13(12(14)8-11)20(17,18)16-6-7-19-3/h4-5,8,10,15-16H,6-7,9H2,1-3H3. The quantitative estimate of drug-likeness (QED) is 0.680. The Hall–Kier alpha value is -0.0800. The molecule has 1 aromatic rings. The molecule has 20 heavy (non-hydrogen) atoms. The normalized spacial score (nSPS) is 12.1. The van der Waals surface area contributed by atoms with Crippen LogP contribution in [-0.2, 0) is 16.6 Å². The maximum absolute atomic E-state index is 12.1. The Bertz CT molecular complexity index is 533. The van der Waals surface area contributed by atoms with Crippen LogP contribution in [0, 0.1) is 0 Å². The number of hydrogen-bond acceptors (Lipinski definition) is 4. The molecule has 114 valence electrons. The highest BCUT2D eigenvalue weighted by Crippen LogP contribution is 2.23. The summed E-state index contributed by atoms with van der Waals surface area (Å²) in [5.41, 5.74) is 1.05. The summed E-state index contributed by atoms with van der Waals surface area (Å²) in [6.45, 7) is 5.30. The minimum atomic E-state index is -3.44. The molecule has 0 unspecified atom stereocenters. The molecule has 2 N–H and O–H groups in total. The van der Waals surface area contributed by atoms with Crippen LogP contribution in [0.3, 0.4) is 0 Å². The lowest BCUT2D eigenvalue weighted by Crippen LogP contribution is -2.26. The summed E-state index contributed by atoms with van der Waals surface area (Å²) in [4.78, 5) is 0.284. The van der Waals surface area contributed by atoms with Crippen LogP contribution in [0.5, 0.6) is 0 Å². The fourth-order valence-corrected chi connectivity index (χ4v) is 4.14. The van der Waals surface area contributed by atoms with Gasteiger partial charge in [-0.1, -0.05) is 19.9 Å². The van der Waals surface area contributed by atoms with Crippen LogP contribution in [-0.4, -0.2) is 33.0 Å². The maximum atomic E-state index is 12.1. The van der Waals surface area contributed by atoms with Crippen molar-refractivity contribution in [1.29, 1.82) is 0 Å². The molecule has 0 spiro atoms. The zero-order chi connectivity index (χ0) is 15.2. The van der Waals surface area contributed by atoms with Crippen LogP contribution < -0.4 is 10.0 Å². The third kappa shape index (κ3) is 5.73. The zero-order valence-corrected chi connectivity index (χ0v) is 15.2. The van der Waals surface area contributed by atoms with Crippen LogP contribution >= 0.6 is 27.7 Å². The molecular formula is C13H21BrN2O2S2. The first-order valence-corrected chi connectivity index (χ1v) is 10.0. The van der Waals surface area contributed by atoms with Gasteiger partial charge in [0.1, 0.15) is 0 Å². The molecule has 0 radical (unpaired) electrons. The minimum Gasteiger partial charge on any atom is -0.310 e. The Morgan fingerprint density at radius 2 is 2.05 bits per heavy atom. The van der Waals surface area contributed by atoms with Crippen LogP contribution in [0.25, 0.3) is 0 Å². The van der Waals surface area contributed by atoms with E-state index < -0.39 is 10.0 Å². The average molecular weight is 381 g/mol. The van der Waals surface area contributed by atoms with Crippen LogP contribution in [0.2, 0.25) is 0 Å². The third-order valence-electron chi connectivity index (χ3n) is 2.60. The molecule has 0 aliphatic heterocycles. The molecule has 0 atom stereocenters. The first kappa shape index (κ1) is 18.0. The summed E-state index contributed by atoms with van der Waals surface area (Å²) >= 11 is 4.95. The number of benzene rings is 1. The fourth-order valence-electron chi connectivity index (χ4n) is 1.55. The lowest BCUT2D eigenvalue weighted by molar-refractivity contribution is 0.581. The van der Waals surface area contributed by atoms with E-state index in [9.17, 15) is 8.42 Å². The van der Waals surface area contributed by atoms with Gasteiger partial charge in [-0.2, -0.15) is 11.8 Å². The Balaban J connectivity index is 2.81. The smallest absolute Gasteiger partial charge is 0.241 e. The van der Waals surface area contributed by atoms with Gasteiger partial charge in [0.15, 0.2) is 0 Å². The highest BCUT2D eigenvalue weighted by molar-refractivity contribution is 9.10. The topological polar surface area (TPSA) is 58.2 Å². The van der Waals surface area contributed by atoms with Gasteiger partial charge in [-0.3, -0.25) is 0 Å². The van der Waals surface area contributed by atoms with Crippen molar-refractivity contribution >= 4 is 37.7 Å². The van der Waals surface area contributed by atoms with E-state index in [1.807, 2.05) is 18.4 Å². The molecule has 0 aromatic heterocycles. The summed E-state index contributed by atoms with van der Waals surface area (Å²) in [6, 6.07) is 5.72. The van der Waals surface area contributed by atoms with Gasteiger partial charge in [-0.25, -0.2) is 13.1 Å². The summed E-state index contributed by atoms with van der Waals surface area (Å²) in [7, 11) is -3.44. The predicted octanol–water partition coefficient (Wildman–Crippen LogP) is 2.59. The van der Waals surface area contributed by atoms with Crippen LogP contribution in [0.1, 0.15) is 19.4 Å². The molecule has 0 amide bonds. The maximum Gasteiger partial charge on any atom is 0.241 e. The number of hydrogen-bond donors (Lipinski definition) is 2. The Morgan fingerprint density at radius 1 is 1.35 bits per heavy atom. The predicted molar refractivity (Wildman–Crippen MR) is 89.7 cm³/mol. The summed E-state index contributed by atoms with van der Waals surface area (Å²) < 4.78 is 27.5. The summed E-state index contributed by atoms with van der Waals surface area (Å²) in [5, 5.41) is 3.30. The van der Waals surface area contributed by atoms with E-state index in [1.54, 1.807) is 17.8 Å². The van der Waals surface area contributed by atoms with Gasteiger partial charge >= 0.3 is 0 Å². The molecule has 0 heterocycles. The van der Waals surface area contributed by atoms with Crippen molar-refractivity contribution in [1.82, 2.24) is 10.0 Å². The largest absolute Gasteiger partial charge is 0.310 e. The van der Waals surface area contributed by atoms with Crippen molar-refractivity contribution in [3.05, 3.63) is 28.2 Å². The van der Waals surface area contributed by atoms with Gasteiger partial charge in [0.05, 0.1) is 4.90 Å². The highest BCUT2D eigenvalue weighted by Gasteiger charge is 2.17. The van der Waals surface area contributed by atoms with E-state index in [0.717, 1.165) is 17.9 Å². The molecule has 0 fully saturated rings. The molecule has 0 saturated heterocycles. The molecular weight excluding hydrogens is 360 g/mol. The average Bonchev–Trinajstić information content (AvgIpc) is 2.36. The van der Waals surface area contributed by atoms with E-state index in [0.29, 0.717) is 17.1 Å². The van der Waals surface area contributed by atoms with Crippen molar-refractivity contribution < 1.29 is 8.42 Å². The number of rotatable bonds is 8. The van der Waals surface area contributed by atoms with Crippen molar-refractivity contribution in [3.63, 3.8) is 0 Å². The number of halogens is 1. The summed E-state index contributed by atoms with van der Waals surface area (Å²) in [5.74, 6) is 0.757. The van der Waals surface area contributed by atoms with Crippen molar-refractivity contribution in [2.24, 2.45) is 0 Å². The Kier molecular flexibility index (Phi) is 7.53. The first-order valence-electron chi connectivity index (χ1n) is 6.37. The second-order valence-corrected chi connectivity index (χ2v) is 8.27. The summed E-state index contributed by atoms with van der Waals surface area (Å²) in [6.07, 6.45) is 1.95. The van der Waals surface area contributed by atoms with Gasteiger partial charge in [0.2, 0.25) is 10.0 Å². The zero-order valence-electron chi connectivity index (χ0n) is 11.9. The second kappa shape index (κ2) is 8.38. The van der Waals surface area contributed by atoms with E-state index >= 15 is 0 Å². The Labute approximate surface area is 134 Å². The van der Waals surface area contributed by atoms with Gasteiger partial charge in [0, 0.05) is 29.4 Å². The molecule has 0 aliphatic rings. The minimum absolute atomic E-state index is 0.284. The van der Waals surface area contributed by atoms with E-state index in [2.05, 4.69) is 39.8 Å². The van der Waals surface area contributed by atoms with Crippen molar-refractivity contribution in [3.8, 4) is 0 Å². The van der Waals surface area contributed by atoms with E-state index in [4.69, 9.17) is 0 Å². The lowest BCUT2D eigenvalue weighted by atomic mass is 10.2. The Morgan fingerprint density at radius 3 is 2.60 bits per heavy atom. The SMILES string of the molecule is CSCCNS(=O)(=O)c1ccc(CNC(C)C)cc1Br. The van der Waals surface area contributed by atoms with Gasteiger partial charge in [-0.05, 0) is 39.9 Å². The van der Waals surface area contributed by atoms with E-state index in [1.165, 1.54) is 0 Å². The number of nitrogens with one attached hydrogen (secondary N) is 2. The van der Waals surface area contributed by atoms with Crippen LogP contribution in [0.4, 0.5) is 0 Å². The molecule has 0 bridgehead atoms. The molecule has 1 aromatic carbocycles. The van der Waals surface area contributed by atoms with Crippen LogP contribution in [0.15, 0.2) is 27.6 Å². The van der Waals surface area contributed by atoms with Gasteiger partial charge in [0.25, 0.3) is 0 Å². The first-order chi connectivity index (χ1) is 9.36. The highest BCUT2D eigenvalue weighted by atomic mass is 79.9. The molecule has 0 aliphatic carbocycles.